The van der Waals surface area contributed by atoms with Gasteiger partial charge < -0.3 is 15.6 Å². The first-order chi connectivity index (χ1) is 8.29. The summed E-state index contributed by atoms with van der Waals surface area (Å²) in [5.41, 5.74) is 7.12. The molecule has 0 saturated heterocycles. The van der Waals surface area contributed by atoms with Crippen molar-refractivity contribution in [1.82, 2.24) is 4.98 Å². The number of phenolic OH excluding ortho intramolecular Hbond substituents is 1. The normalized spacial score (nSPS) is 10.2. The van der Waals surface area contributed by atoms with Gasteiger partial charge in [0, 0.05) is 6.54 Å². The second kappa shape index (κ2) is 5.32. The van der Waals surface area contributed by atoms with E-state index in [9.17, 15) is 5.11 Å². The van der Waals surface area contributed by atoms with Gasteiger partial charge >= 0.3 is 0 Å². The lowest BCUT2D eigenvalue weighted by atomic mass is 10.3. The number of aromatic hydroxyl groups is 1. The molecule has 0 unspecified atom stereocenters. The highest BCUT2D eigenvalue weighted by Gasteiger charge is 2.02. The molecule has 4 heteroatoms. The van der Waals surface area contributed by atoms with E-state index < -0.39 is 0 Å². The standard InChI is InChI=1S/C13H14N2O2/c14-8-10-4-3-5-11(15-10)9-17-13-7-2-1-6-12(13)16/h1-7,16H,8-9,14H2. The Kier molecular flexibility index (Phi) is 3.57. The zero-order valence-corrected chi connectivity index (χ0v) is 9.34. The molecule has 0 bridgehead atoms. The van der Waals surface area contributed by atoms with Crippen LogP contribution < -0.4 is 10.5 Å². The minimum absolute atomic E-state index is 0.127. The number of phenols is 1. The number of benzene rings is 1. The first kappa shape index (κ1) is 11.4. The van der Waals surface area contributed by atoms with Crippen molar-refractivity contribution in [2.45, 2.75) is 13.2 Å². The van der Waals surface area contributed by atoms with Crippen LogP contribution in [0.1, 0.15) is 11.4 Å². The monoisotopic (exact) mass is 230 g/mol. The van der Waals surface area contributed by atoms with Crippen LogP contribution in [-0.4, -0.2) is 10.1 Å². The quantitative estimate of drug-likeness (QED) is 0.840. The van der Waals surface area contributed by atoms with E-state index in [0.29, 0.717) is 18.9 Å². The molecule has 0 radical (unpaired) electrons. The Morgan fingerprint density at radius 1 is 1.06 bits per heavy atom. The topological polar surface area (TPSA) is 68.4 Å². The average molecular weight is 230 g/mol. The molecule has 0 fully saturated rings. The molecule has 0 saturated carbocycles. The van der Waals surface area contributed by atoms with Crippen LogP contribution in [0.15, 0.2) is 42.5 Å². The number of hydrogen-bond donors (Lipinski definition) is 2. The van der Waals surface area contributed by atoms with Gasteiger partial charge in [-0.25, -0.2) is 0 Å². The van der Waals surface area contributed by atoms with E-state index in [1.165, 1.54) is 0 Å². The number of rotatable bonds is 4. The lowest BCUT2D eigenvalue weighted by molar-refractivity contribution is 0.284. The van der Waals surface area contributed by atoms with E-state index in [2.05, 4.69) is 4.98 Å². The average Bonchev–Trinajstić information content (AvgIpc) is 2.38. The largest absolute Gasteiger partial charge is 0.504 e. The fourth-order valence-corrected chi connectivity index (χ4v) is 1.45. The summed E-state index contributed by atoms with van der Waals surface area (Å²) < 4.78 is 5.47. The molecule has 0 spiro atoms. The van der Waals surface area contributed by atoms with Gasteiger partial charge in [0.1, 0.15) is 6.61 Å². The number of ether oxygens (including phenoxy) is 1. The maximum absolute atomic E-state index is 9.52. The predicted molar refractivity (Wildman–Crippen MR) is 64.6 cm³/mol. The van der Waals surface area contributed by atoms with Gasteiger partial charge in [0.05, 0.1) is 11.4 Å². The molecule has 1 aromatic carbocycles. The van der Waals surface area contributed by atoms with Crippen molar-refractivity contribution >= 4 is 0 Å². The summed E-state index contributed by atoms with van der Waals surface area (Å²) >= 11 is 0. The van der Waals surface area contributed by atoms with Crippen molar-refractivity contribution in [1.29, 1.82) is 0 Å². The number of nitrogens with zero attached hydrogens (tertiary/aromatic N) is 1. The van der Waals surface area contributed by atoms with Crippen LogP contribution in [0.5, 0.6) is 11.5 Å². The lowest BCUT2D eigenvalue weighted by Gasteiger charge is -2.07. The summed E-state index contributed by atoms with van der Waals surface area (Å²) in [7, 11) is 0. The van der Waals surface area contributed by atoms with E-state index in [4.69, 9.17) is 10.5 Å². The Morgan fingerprint density at radius 2 is 1.82 bits per heavy atom. The Hall–Kier alpha value is -2.07. The van der Waals surface area contributed by atoms with Crippen LogP contribution in [0.25, 0.3) is 0 Å². The summed E-state index contributed by atoms with van der Waals surface area (Å²) in [6, 6.07) is 12.5. The summed E-state index contributed by atoms with van der Waals surface area (Å²) in [5.74, 6) is 0.579. The number of pyridine rings is 1. The molecule has 88 valence electrons. The van der Waals surface area contributed by atoms with E-state index in [0.717, 1.165) is 11.4 Å². The highest BCUT2D eigenvalue weighted by Crippen LogP contribution is 2.24. The molecular weight excluding hydrogens is 216 g/mol. The van der Waals surface area contributed by atoms with Crippen LogP contribution in [0.4, 0.5) is 0 Å². The Labute approximate surface area is 99.7 Å². The molecule has 2 rings (SSSR count). The number of para-hydroxylation sites is 2. The second-order valence-corrected chi connectivity index (χ2v) is 3.58. The lowest BCUT2D eigenvalue weighted by Crippen LogP contribution is -2.04. The SMILES string of the molecule is NCc1cccc(COc2ccccc2O)n1. The van der Waals surface area contributed by atoms with Gasteiger partial charge in [-0.1, -0.05) is 18.2 Å². The zero-order chi connectivity index (χ0) is 12.1. The second-order valence-electron chi connectivity index (χ2n) is 3.58. The number of hydrogen-bond acceptors (Lipinski definition) is 4. The Bertz CT molecular complexity index is 500. The van der Waals surface area contributed by atoms with Gasteiger partial charge in [-0.05, 0) is 24.3 Å². The first-order valence-electron chi connectivity index (χ1n) is 5.35. The van der Waals surface area contributed by atoms with E-state index in [1.54, 1.807) is 24.3 Å². The van der Waals surface area contributed by atoms with Crippen LogP contribution in [-0.2, 0) is 13.2 Å². The van der Waals surface area contributed by atoms with Crippen LogP contribution in [0, 0.1) is 0 Å². The van der Waals surface area contributed by atoms with Gasteiger partial charge in [0.2, 0.25) is 0 Å². The van der Waals surface area contributed by atoms with Crippen LogP contribution in [0.3, 0.4) is 0 Å². The molecule has 1 heterocycles. The van der Waals surface area contributed by atoms with Gasteiger partial charge in [0.15, 0.2) is 11.5 Å². The highest BCUT2D eigenvalue weighted by molar-refractivity contribution is 5.37. The molecule has 2 aromatic rings. The van der Waals surface area contributed by atoms with Gasteiger partial charge in [-0.2, -0.15) is 0 Å². The van der Waals surface area contributed by atoms with Crippen molar-refractivity contribution in [3.63, 3.8) is 0 Å². The van der Waals surface area contributed by atoms with E-state index in [1.807, 2.05) is 18.2 Å². The summed E-state index contributed by atoms with van der Waals surface area (Å²) in [6.45, 7) is 0.718. The number of nitrogens with two attached hydrogens (primary N) is 1. The maximum Gasteiger partial charge on any atom is 0.161 e. The molecule has 1 aromatic heterocycles. The van der Waals surface area contributed by atoms with Crippen molar-refractivity contribution < 1.29 is 9.84 Å². The third-order valence-corrected chi connectivity index (χ3v) is 2.31. The molecule has 0 atom stereocenters. The smallest absolute Gasteiger partial charge is 0.161 e. The fourth-order valence-electron chi connectivity index (χ4n) is 1.45. The van der Waals surface area contributed by atoms with E-state index >= 15 is 0 Å². The predicted octanol–water partition coefficient (Wildman–Crippen LogP) is 1.82. The number of aromatic nitrogens is 1. The molecule has 17 heavy (non-hydrogen) atoms. The molecular formula is C13H14N2O2. The maximum atomic E-state index is 9.52. The third kappa shape index (κ3) is 2.95. The van der Waals surface area contributed by atoms with Gasteiger partial charge in [-0.15, -0.1) is 0 Å². The third-order valence-electron chi connectivity index (χ3n) is 2.31. The zero-order valence-electron chi connectivity index (χ0n) is 9.34. The van der Waals surface area contributed by atoms with Gasteiger partial charge in [0.25, 0.3) is 0 Å². The Morgan fingerprint density at radius 3 is 2.59 bits per heavy atom. The molecule has 4 nitrogen and oxygen atoms in total. The highest BCUT2D eigenvalue weighted by atomic mass is 16.5. The molecule has 0 aliphatic rings. The minimum Gasteiger partial charge on any atom is -0.504 e. The molecule has 0 aliphatic heterocycles. The minimum atomic E-state index is 0.127. The first-order valence-corrected chi connectivity index (χ1v) is 5.35. The van der Waals surface area contributed by atoms with Crippen LogP contribution >= 0.6 is 0 Å². The molecule has 3 N–H and O–H groups in total. The van der Waals surface area contributed by atoms with Crippen molar-refractivity contribution in [2.24, 2.45) is 5.73 Å². The van der Waals surface area contributed by atoms with E-state index in [-0.39, 0.29) is 5.75 Å². The summed E-state index contributed by atoms with van der Waals surface area (Å²) in [6.07, 6.45) is 0. The Balaban J connectivity index is 2.05. The molecule has 0 amide bonds. The molecule has 0 aliphatic carbocycles. The van der Waals surface area contributed by atoms with Gasteiger partial charge in [-0.3, -0.25) is 4.98 Å². The van der Waals surface area contributed by atoms with Crippen molar-refractivity contribution in [2.75, 3.05) is 0 Å². The van der Waals surface area contributed by atoms with Crippen LogP contribution in [0.2, 0.25) is 0 Å². The van der Waals surface area contributed by atoms with Crippen molar-refractivity contribution in [3.8, 4) is 11.5 Å². The van der Waals surface area contributed by atoms with Crippen molar-refractivity contribution in [3.05, 3.63) is 53.9 Å². The fraction of sp³-hybridized carbons (Fsp3) is 0.154. The summed E-state index contributed by atoms with van der Waals surface area (Å²) in [4.78, 5) is 4.30. The summed E-state index contributed by atoms with van der Waals surface area (Å²) in [5, 5.41) is 9.52.